The molecule has 3 aromatic rings. The van der Waals surface area contributed by atoms with Crippen molar-refractivity contribution < 1.29 is 19.4 Å². The molecule has 0 bridgehead atoms. The number of ketones is 1. The van der Waals surface area contributed by atoms with Crippen LogP contribution in [0.3, 0.4) is 0 Å². The Hall–Kier alpha value is -4.71. The number of rotatable bonds is 7. The SMILES string of the molecule is C=C(OCc1cccc(C(=C)N)c1)C1=C(C)NC2=C(C1)C(=O)C[C@H](c1ccccc1OC)C2.Cc1cccc(O)c1. The molecule has 0 fully saturated rings. The molecule has 0 unspecified atom stereocenters. The predicted molar refractivity (Wildman–Crippen MR) is 164 cm³/mol. The van der Waals surface area contributed by atoms with Crippen molar-refractivity contribution in [1.82, 2.24) is 5.32 Å². The van der Waals surface area contributed by atoms with Gasteiger partial charge in [-0.05, 0) is 66.8 Å². The number of aryl methyl sites for hydroxylation is 1. The standard InChI is InChI=1S/C28H30N2O3.C7H8O/c1-17(29)21-9-7-8-20(12-21)16-33-19(3)24-15-25-26(30-18(24)2)13-22(14-27(25)31)23-10-5-6-11-28(23)32-4;1-6-3-2-4-7(8)5-6/h5-12,22,30H,1,3,13-16,29H2,2,4H3;2-5,8H,1H3/t22-;/m1./s1. The molecule has 0 amide bonds. The number of methoxy groups -OCH3 is 1. The summed E-state index contributed by atoms with van der Waals surface area (Å²) < 4.78 is 11.5. The van der Waals surface area contributed by atoms with Gasteiger partial charge in [-0.15, -0.1) is 0 Å². The van der Waals surface area contributed by atoms with Gasteiger partial charge in [-0.25, -0.2) is 0 Å². The lowest BCUT2D eigenvalue weighted by Crippen LogP contribution is -2.30. The van der Waals surface area contributed by atoms with E-state index in [2.05, 4.69) is 18.5 Å². The van der Waals surface area contributed by atoms with Crippen molar-refractivity contribution in [3.8, 4) is 11.5 Å². The lowest BCUT2D eigenvalue weighted by Gasteiger charge is -2.33. The second kappa shape index (κ2) is 13.1. The molecule has 6 heteroatoms. The van der Waals surface area contributed by atoms with Crippen LogP contribution in [0.15, 0.2) is 114 Å². The van der Waals surface area contributed by atoms with E-state index in [-0.39, 0.29) is 11.7 Å². The maximum atomic E-state index is 13.1. The average Bonchev–Trinajstić information content (AvgIpc) is 2.95. The number of aromatic hydroxyl groups is 1. The number of allylic oxidation sites excluding steroid dienone is 4. The summed E-state index contributed by atoms with van der Waals surface area (Å²) in [4.78, 5) is 13.1. The lowest BCUT2D eigenvalue weighted by atomic mass is 9.78. The Morgan fingerprint density at radius 1 is 1.02 bits per heavy atom. The second-order valence-electron chi connectivity index (χ2n) is 10.4. The van der Waals surface area contributed by atoms with E-state index in [1.807, 2.05) is 74.5 Å². The van der Waals surface area contributed by atoms with Gasteiger partial charge in [0, 0.05) is 47.0 Å². The van der Waals surface area contributed by atoms with E-state index in [4.69, 9.17) is 20.3 Å². The van der Waals surface area contributed by atoms with Crippen molar-refractivity contribution in [2.24, 2.45) is 5.73 Å². The summed E-state index contributed by atoms with van der Waals surface area (Å²) in [6.45, 7) is 12.2. The maximum Gasteiger partial charge on any atom is 0.161 e. The number of ether oxygens (including phenoxy) is 2. The van der Waals surface area contributed by atoms with Crippen LogP contribution < -0.4 is 15.8 Å². The monoisotopic (exact) mass is 550 g/mol. The number of nitrogens with two attached hydrogens (primary N) is 1. The van der Waals surface area contributed by atoms with E-state index < -0.39 is 0 Å². The van der Waals surface area contributed by atoms with Crippen molar-refractivity contribution in [3.63, 3.8) is 0 Å². The molecule has 0 saturated heterocycles. The normalized spacial score (nSPS) is 16.2. The van der Waals surface area contributed by atoms with Crippen LogP contribution in [0.2, 0.25) is 0 Å². The van der Waals surface area contributed by atoms with Crippen LogP contribution >= 0.6 is 0 Å². The zero-order chi connectivity index (χ0) is 29.5. The van der Waals surface area contributed by atoms with Gasteiger partial charge in [-0.1, -0.05) is 61.7 Å². The third-order valence-corrected chi connectivity index (χ3v) is 7.36. The highest BCUT2D eigenvalue weighted by Gasteiger charge is 2.33. The zero-order valence-corrected chi connectivity index (χ0v) is 24.0. The summed E-state index contributed by atoms with van der Waals surface area (Å²) in [5.41, 5.74) is 14.1. The first-order valence-corrected chi connectivity index (χ1v) is 13.6. The van der Waals surface area contributed by atoms with Crippen LogP contribution in [0.4, 0.5) is 0 Å². The van der Waals surface area contributed by atoms with E-state index in [0.717, 1.165) is 57.0 Å². The summed E-state index contributed by atoms with van der Waals surface area (Å²) in [5, 5.41) is 12.3. The van der Waals surface area contributed by atoms with Crippen molar-refractivity contribution in [1.29, 1.82) is 0 Å². The van der Waals surface area contributed by atoms with E-state index in [0.29, 0.717) is 36.7 Å². The largest absolute Gasteiger partial charge is 0.508 e. The highest BCUT2D eigenvalue weighted by molar-refractivity contribution is 5.98. The topological polar surface area (TPSA) is 93.8 Å². The Kier molecular flexibility index (Phi) is 9.35. The Morgan fingerprint density at radius 2 is 1.78 bits per heavy atom. The van der Waals surface area contributed by atoms with Crippen LogP contribution in [0.25, 0.3) is 5.70 Å². The van der Waals surface area contributed by atoms with Gasteiger partial charge in [0.05, 0.1) is 7.11 Å². The first kappa shape index (κ1) is 29.3. The van der Waals surface area contributed by atoms with Crippen LogP contribution in [0, 0.1) is 6.92 Å². The van der Waals surface area contributed by atoms with Crippen LogP contribution in [-0.4, -0.2) is 18.0 Å². The minimum atomic E-state index is 0.0956. The van der Waals surface area contributed by atoms with E-state index in [9.17, 15) is 4.79 Å². The number of para-hydroxylation sites is 1. The summed E-state index contributed by atoms with van der Waals surface area (Å²) >= 11 is 0. The number of benzene rings is 3. The fourth-order valence-electron chi connectivity index (χ4n) is 5.18. The van der Waals surface area contributed by atoms with Gasteiger partial charge in [0.2, 0.25) is 0 Å². The fraction of sp³-hybridized carbons (Fsp3) is 0.229. The van der Waals surface area contributed by atoms with Gasteiger partial charge in [0.1, 0.15) is 23.9 Å². The first-order chi connectivity index (χ1) is 19.7. The number of hydrogen-bond acceptors (Lipinski definition) is 6. The summed E-state index contributed by atoms with van der Waals surface area (Å²) in [5.74, 6) is 1.99. The van der Waals surface area contributed by atoms with Crippen molar-refractivity contribution >= 4 is 11.5 Å². The van der Waals surface area contributed by atoms with Gasteiger partial charge >= 0.3 is 0 Å². The Morgan fingerprint density at radius 3 is 2.46 bits per heavy atom. The molecule has 0 spiro atoms. The lowest BCUT2D eigenvalue weighted by molar-refractivity contribution is -0.116. The number of carbonyl (C=O) groups is 1. The zero-order valence-electron chi connectivity index (χ0n) is 24.0. The molecule has 41 heavy (non-hydrogen) atoms. The number of phenolic OH excluding ortho intramolecular Hbond substituents is 1. The summed E-state index contributed by atoms with van der Waals surface area (Å²) in [6.07, 6.45) is 1.77. The van der Waals surface area contributed by atoms with Gasteiger partial charge in [0.25, 0.3) is 0 Å². The minimum Gasteiger partial charge on any atom is -0.508 e. The summed E-state index contributed by atoms with van der Waals surface area (Å²) in [7, 11) is 1.67. The van der Waals surface area contributed by atoms with Gasteiger partial charge < -0.3 is 25.6 Å². The van der Waals surface area contributed by atoms with Crippen molar-refractivity contribution in [3.05, 3.63) is 137 Å². The van der Waals surface area contributed by atoms with Crippen LogP contribution in [-0.2, 0) is 16.1 Å². The summed E-state index contributed by atoms with van der Waals surface area (Å²) in [6, 6.07) is 22.9. The Bertz CT molecular complexity index is 1520. The molecular weight excluding hydrogens is 512 g/mol. The average molecular weight is 551 g/mol. The minimum absolute atomic E-state index is 0.0956. The van der Waals surface area contributed by atoms with Gasteiger partial charge in [-0.3, -0.25) is 4.79 Å². The number of phenols is 1. The van der Waals surface area contributed by atoms with Crippen molar-refractivity contribution in [2.75, 3.05) is 7.11 Å². The van der Waals surface area contributed by atoms with Gasteiger partial charge in [-0.2, -0.15) is 0 Å². The molecule has 1 aliphatic carbocycles. The quantitative estimate of drug-likeness (QED) is 0.274. The third-order valence-electron chi connectivity index (χ3n) is 7.36. The molecule has 1 atom stereocenters. The molecular formula is C35H38N2O4. The Balaban J connectivity index is 0.000000417. The molecule has 0 radical (unpaired) electrons. The first-order valence-electron chi connectivity index (χ1n) is 13.6. The number of nitrogens with one attached hydrogen (secondary N) is 1. The highest BCUT2D eigenvalue weighted by Crippen LogP contribution is 2.42. The molecule has 4 N–H and O–H groups in total. The number of Topliss-reactive ketones (excluding diaryl/α,β-unsaturated/α-hetero) is 1. The number of dihydropyridines is 1. The molecule has 5 rings (SSSR count). The molecule has 1 aliphatic heterocycles. The molecule has 212 valence electrons. The van der Waals surface area contributed by atoms with E-state index >= 15 is 0 Å². The highest BCUT2D eigenvalue weighted by atomic mass is 16.5. The smallest absolute Gasteiger partial charge is 0.161 e. The second-order valence-corrected chi connectivity index (χ2v) is 10.4. The van der Waals surface area contributed by atoms with E-state index in [1.54, 1.807) is 19.2 Å². The number of hydrogen-bond donors (Lipinski definition) is 3. The third kappa shape index (κ3) is 7.28. The molecule has 0 saturated carbocycles. The Labute approximate surface area is 242 Å². The maximum absolute atomic E-state index is 13.1. The van der Waals surface area contributed by atoms with Crippen molar-refractivity contribution in [2.45, 2.75) is 45.6 Å². The van der Waals surface area contributed by atoms with E-state index in [1.165, 1.54) is 0 Å². The molecule has 2 aliphatic rings. The van der Waals surface area contributed by atoms with Crippen LogP contribution in [0.1, 0.15) is 54.4 Å². The fourth-order valence-corrected chi connectivity index (χ4v) is 5.18. The van der Waals surface area contributed by atoms with Gasteiger partial charge in [0.15, 0.2) is 5.78 Å². The molecule has 1 heterocycles. The molecule has 3 aromatic carbocycles. The predicted octanol–water partition coefficient (Wildman–Crippen LogP) is 7.02. The number of carbonyl (C=O) groups excluding carboxylic acids is 1. The molecule has 0 aromatic heterocycles. The molecule has 6 nitrogen and oxygen atoms in total. The van der Waals surface area contributed by atoms with Crippen LogP contribution in [0.5, 0.6) is 11.5 Å².